The fraction of sp³-hybridized carbons (Fsp3) is 0.684. The highest BCUT2D eigenvalue weighted by Gasteiger charge is 2.24. The fourth-order valence-corrected chi connectivity index (χ4v) is 4.09. The Kier molecular flexibility index (Phi) is 8.06. The van der Waals surface area contributed by atoms with Crippen molar-refractivity contribution in [2.24, 2.45) is 0 Å². The molecule has 1 N–H and O–H groups in total. The molecule has 0 amide bonds. The third-order valence-electron chi connectivity index (χ3n) is 4.65. The van der Waals surface area contributed by atoms with Crippen LogP contribution in [0.3, 0.4) is 0 Å². The normalized spacial score (nSPS) is 17.0. The van der Waals surface area contributed by atoms with Crippen molar-refractivity contribution in [3.63, 3.8) is 0 Å². The highest BCUT2D eigenvalue weighted by atomic mass is 35.5. The SMILES string of the molecule is CCCCCCCCCCNC1CCc2cc(Cl)cc(Cl)c21. The zero-order chi connectivity index (χ0) is 15.8. The number of rotatable bonds is 10. The molecule has 0 bridgehead atoms. The number of benzene rings is 1. The monoisotopic (exact) mass is 341 g/mol. The molecule has 0 heterocycles. The minimum atomic E-state index is 0.421. The Labute approximate surface area is 145 Å². The average molecular weight is 342 g/mol. The summed E-state index contributed by atoms with van der Waals surface area (Å²) >= 11 is 12.4. The summed E-state index contributed by atoms with van der Waals surface area (Å²) in [6, 6.07) is 4.36. The van der Waals surface area contributed by atoms with Crippen LogP contribution in [0.1, 0.15) is 81.9 Å². The Hall–Kier alpha value is -0.240. The smallest absolute Gasteiger partial charge is 0.0471 e. The van der Waals surface area contributed by atoms with E-state index in [2.05, 4.69) is 18.3 Å². The maximum atomic E-state index is 6.37. The predicted molar refractivity (Wildman–Crippen MR) is 98.1 cm³/mol. The van der Waals surface area contributed by atoms with Crippen LogP contribution in [0, 0.1) is 0 Å². The summed E-state index contributed by atoms with van der Waals surface area (Å²) in [7, 11) is 0. The number of aryl methyl sites for hydroxylation is 1. The van der Waals surface area contributed by atoms with Gasteiger partial charge >= 0.3 is 0 Å². The van der Waals surface area contributed by atoms with E-state index in [1.807, 2.05) is 6.07 Å². The quantitative estimate of drug-likeness (QED) is 0.466. The molecule has 1 aromatic rings. The second-order valence-corrected chi connectivity index (χ2v) is 7.32. The lowest BCUT2D eigenvalue weighted by atomic mass is 10.1. The highest BCUT2D eigenvalue weighted by Crippen LogP contribution is 2.38. The van der Waals surface area contributed by atoms with E-state index in [1.165, 1.54) is 62.5 Å². The zero-order valence-electron chi connectivity index (χ0n) is 13.8. The van der Waals surface area contributed by atoms with E-state index in [4.69, 9.17) is 23.2 Å². The largest absolute Gasteiger partial charge is 0.310 e. The highest BCUT2D eigenvalue weighted by molar-refractivity contribution is 6.35. The first-order chi connectivity index (χ1) is 10.7. The van der Waals surface area contributed by atoms with Crippen LogP contribution >= 0.6 is 23.2 Å². The van der Waals surface area contributed by atoms with Crippen molar-refractivity contribution in [1.82, 2.24) is 5.32 Å². The summed E-state index contributed by atoms with van der Waals surface area (Å²) in [6.07, 6.45) is 13.2. The third-order valence-corrected chi connectivity index (χ3v) is 5.18. The van der Waals surface area contributed by atoms with Gasteiger partial charge < -0.3 is 5.32 Å². The van der Waals surface area contributed by atoms with Gasteiger partial charge in [0, 0.05) is 16.1 Å². The summed E-state index contributed by atoms with van der Waals surface area (Å²) in [5.74, 6) is 0. The first kappa shape index (κ1) is 18.1. The molecule has 0 saturated heterocycles. The van der Waals surface area contributed by atoms with Crippen LogP contribution in [0.25, 0.3) is 0 Å². The van der Waals surface area contributed by atoms with Gasteiger partial charge in [-0.15, -0.1) is 0 Å². The van der Waals surface area contributed by atoms with Crippen LogP contribution in [-0.2, 0) is 6.42 Å². The molecule has 1 unspecified atom stereocenters. The number of nitrogens with one attached hydrogen (secondary N) is 1. The summed E-state index contributed by atoms with van der Waals surface area (Å²) < 4.78 is 0. The van der Waals surface area contributed by atoms with Crippen LogP contribution in [0.15, 0.2) is 12.1 Å². The molecule has 0 aromatic heterocycles. The number of fused-ring (bicyclic) bond motifs is 1. The maximum Gasteiger partial charge on any atom is 0.0471 e. The van der Waals surface area contributed by atoms with Crippen LogP contribution in [0.4, 0.5) is 0 Å². The molecule has 2 rings (SSSR count). The van der Waals surface area contributed by atoms with Crippen LogP contribution < -0.4 is 5.32 Å². The molecular weight excluding hydrogens is 313 g/mol. The van der Waals surface area contributed by atoms with Crippen molar-refractivity contribution < 1.29 is 0 Å². The van der Waals surface area contributed by atoms with Gasteiger partial charge in [-0.25, -0.2) is 0 Å². The number of hydrogen-bond donors (Lipinski definition) is 1. The summed E-state index contributed by atoms with van der Waals surface area (Å²) in [6.45, 7) is 3.37. The number of unbranched alkanes of at least 4 members (excludes halogenated alkanes) is 7. The molecule has 0 spiro atoms. The average Bonchev–Trinajstić information content (AvgIpc) is 2.88. The number of hydrogen-bond acceptors (Lipinski definition) is 1. The van der Waals surface area contributed by atoms with Crippen molar-refractivity contribution in [1.29, 1.82) is 0 Å². The van der Waals surface area contributed by atoms with Crippen LogP contribution in [0.2, 0.25) is 10.0 Å². The zero-order valence-corrected chi connectivity index (χ0v) is 15.3. The first-order valence-corrected chi connectivity index (χ1v) is 9.69. The van der Waals surface area contributed by atoms with Crippen LogP contribution in [-0.4, -0.2) is 6.54 Å². The topological polar surface area (TPSA) is 12.0 Å². The molecule has 1 nitrogen and oxygen atoms in total. The molecule has 124 valence electrons. The molecule has 0 aliphatic heterocycles. The molecular formula is C19H29Cl2N. The molecule has 1 atom stereocenters. The molecule has 3 heteroatoms. The van der Waals surface area contributed by atoms with Gasteiger partial charge in [0.2, 0.25) is 0 Å². The second kappa shape index (κ2) is 9.80. The lowest BCUT2D eigenvalue weighted by Gasteiger charge is -2.15. The van der Waals surface area contributed by atoms with E-state index in [0.29, 0.717) is 6.04 Å². The van der Waals surface area contributed by atoms with E-state index in [-0.39, 0.29) is 0 Å². The van der Waals surface area contributed by atoms with Crippen molar-refractivity contribution >= 4 is 23.2 Å². The summed E-state index contributed by atoms with van der Waals surface area (Å²) in [5.41, 5.74) is 2.61. The summed E-state index contributed by atoms with van der Waals surface area (Å²) in [4.78, 5) is 0. The Bertz CT molecular complexity index is 459. The Morgan fingerprint density at radius 2 is 1.68 bits per heavy atom. The Morgan fingerprint density at radius 1 is 1.00 bits per heavy atom. The van der Waals surface area contributed by atoms with E-state index in [9.17, 15) is 0 Å². The number of halogens is 2. The molecule has 1 aliphatic rings. The van der Waals surface area contributed by atoms with Gasteiger partial charge in [0.05, 0.1) is 0 Å². The van der Waals surface area contributed by atoms with Gasteiger partial charge in [-0.1, -0.05) is 75.1 Å². The molecule has 0 fully saturated rings. The van der Waals surface area contributed by atoms with Crippen molar-refractivity contribution in [3.05, 3.63) is 33.3 Å². The Morgan fingerprint density at radius 3 is 2.41 bits per heavy atom. The maximum absolute atomic E-state index is 6.37. The lowest BCUT2D eigenvalue weighted by Crippen LogP contribution is -2.20. The molecule has 1 aliphatic carbocycles. The minimum Gasteiger partial charge on any atom is -0.310 e. The minimum absolute atomic E-state index is 0.421. The van der Waals surface area contributed by atoms with Crippen molar-refractivity contribution in [2.45, 2.75) is 77.2 Å². The van der Waals surface area contributed by atoms with Gasteiger partial charge in [0.1, 0.15) is 0 Å². The summed E-state index contributed by atoms with van der Waals surface area (Å²) in [5, 5.41) is 5.27. The van der Waals surface area contributed by atoms with E-state index < -0.39 is 0 Å². The molecule has 0 saturated carbocycles. The van der Waals surface area contributed by atoms with E-state index >= 15 is 0 Å². The fourth-order valence-electron chi connectivity index (χ4n) is 3.42. The van der Waals surface area contributed by atoms with Crippen molar-refractivity contribution in [2.75, 3.05) is 6.54 Å². The van der Waals surface area contributed by atoms with Gasteiger partial charge in [0.25, 0.3) is 0 Å². The van der Waals surface area contributed by atoms with Gasteiger partial charge in [-0.05, 0) is 49.1 Å². The molecule has 22 heavy (non-hydrogen) atoms. The first-order valence-electron chi connectivity index (χ1n) is 8.93. The third kappa shape index (κ3) is 5.44. The van der Waals surface area contributed by atoms with Crippen molar-refractivity contribution in [3.8, 4) is 0 Å². The predicted octanol–water partition coefficient (Wildman–Crippen LogP) is 6.71. The standard InChI is InChI=1S/C19H29Cl2N/c1-2-3-4-5-6-7-8-9-12-22-18-11-10-15-13-16(20)14-17(21)19(15)18/h13-14,18,22H,2-12H2,1H3. The van der Waals surface area contributed by atoms with Gasteiger partial charge in [-0.3, -0.25) is 0 Å². The molecule has 0 radical (unpaired) electrons. The van der Waals surface area contributed by atoms with E-state index in [0.717, 1.165) is 29.4 Å². The lowest BCUT2D eigenvalue weighted by molar-refractivity contribution is 0.498. The molecule has 1 aromatic carbocycles. The van der Waals surface area contributed by atoms with E-state index in [1.54, 1.807) is 0 Å². The second-order valence-electron chi connectivity index (χ2n) is 6.48. The van der Waals surface area contributed by atoms with Crippen LogP contribution in [0.5, 0.6) is 0 Å². The van der Waals surface area contributed by atoms with Gasteiger partial charge in [0.15, 0.2) is 0 Å². The Balaban J connectivity index is 1.62. The van der Waals surface area contributed by atoms with Gasteiger partial charge in [-0.2, -0.15) is 0 Å².